The van der Waals surface area contributed by atoms with Gasteiger partial charge in [0.05, 0.1) is 22.2 Å². The number of rotatable bonds is 3. The fourth-order valence-electron chi connectivity index (χ4n) is 2.24. The normalized spacial score (nSPS) is 10.7. The van der Waals surface area contributed by atoms with Gasteiger partial charge in [-0.25, -0.2) is 4.98 Å². The Bertz CT molecular complexity index is 954. The average molecular weight is 301 g/mol. The molecule has 0 radical (unpaired) electrons. The zero-order chi connectivity index (χ0) is 16.2. The maximum absolute atomic E-state index is 11.1. The maximum atomic E-state index is 11.1. The number of aromatic nitrogens is 1. The van der Waals surface area contributed by atoms with Crippen LogP contribution in [0.1, 0.15) is 16.8 Å². The smallest absolute Gasteiger partial charge is 0.258 e. The van der Waals surface area contributed by atoms with Gasteiger partial charge in [0.1, 0.15) is 5.52 Å². The van der Waals surface area contributed by atoms with Crippen molar-refractivity contribution in [3.63, 3.8) is 0 Å². The lowest BCUT2D eigenvalue weighted by molar-refractivity contribution is -0.383. The van der Waals surface area contributed by atoms with E-state index in [4.69, 9.17) is 5.26 Å². The highest BCUT2D eigenvalue weighted by molar-refractivity contribution is 5.88. The van der Waals surface area contributed by atoms with Crippen LogP contribution in [0.15, 0.2) is 54.6 Å². The minimum Gasteiger partial charge on any atom is -0.258 e. The van der Waals surface area contributed by atoms with E-state index in [0.717, 1.165) is 10.9 Å². The number of pyridine rings is 1. The highest BCUT2D eigenvalue weighted by Gasteiger charge is 2.12. The lowest BCUT2D eigenvalue weighted by Gasteiger charge is -2.00. The van der Waals surface area contributed by atoms with Crippen LogP contribution in [0.25, 0.3) is 23.1 Å². The summed E-state index contributed by atoms with van der Waals surface area (Å²) in [5.41, 5.74) is 2.53. The number of nitrogens with zero attached hydrogens (tertiary/aromatic N) is 3. The molecule has 0 saturated carbocycles. The van der Waals surface area contributed by atoms with Crippen molar-refractivity contribution in [2.45, 2.75) is 0 Å². The highest BCUT2D eigenvalue weighted by atomic mass is 16.6. The lowest BCUT2D eigenvalue weighted by atomic mass is 10.1. The Hall–Kier alpha value is -3.52. The third kappa shape index (κ3) is 3.06. The molecular formula is C18H11N3O2. The number of hydrogen-bond acceptors (Lipinski definition) is 4. The zero-order valence-corrected chi connectivity index (χ0v) is 12.0. The summed E-state index contributed by atoms with van der Waals surface area (Å²) in [6.07, 6.45) is 3.64. The monoisotopic (exact) mass is 301 g/mol. The molecule has 0 amide bonds. The molecule has 23 heavy (non-hydrogen) atoms. The molecule has 2 aromatic carbocycles. The van der Waals surface area contributed by atoms with Crippen molar-refractivity contribution in [2.24, 2.45) is 0 Å². The molecule has 0 aliphatic carbocycles. The summed E-state index contributed by atoms with van der Waals surface area (Å²) in [4.78, 5) is 15.0. The number of nitro benzene ring substituents is 1. The summed E-state index contributed by atoms with van der Waals surface area (Å²) in [6.45, 7) is 0. The first kappa shape index (κ1) is 14.4. The van der Waals surface area contributed by atoms with E-state index < -0.39 is 4.92 Å². The molecule has 0 fully saturated rings. The Labute approximate surface area is 132 Å². The van der Waals surface area contributed by atoms with Crippen molar-refractivity contribution in [1.29, 1.82) is 5.26 Å². The number of hydrogen-bond donors (Lipinski definition) is 0. The molecule has 0 bridgehead atoms. The first-order valence-electron chi connectivity index (χ1n) is 6.90. The molecule has 0 N–H and O–H groups in total. The fourth-order valence-corrected chi connectivity index (χ4v) is 2.24. The van der Waals surface area contributed by atoms with E-state index in [1.54, 1.807) is 30.3 Å². The Balaban J connectivity index is 1.96. The predicted molar refractivity (Wildman–Crippen MR) is 88.5 cm³/mol. The van der Waals surface area contributed by atoms with Gasteiger partial charge in [-0.2, -0.15) is 5.26 Å². The van der Waals surface area contributed by atoms with Gasteiger partial charge in [-0.15, -0.1) is 0 Å². The zero-order valence-electron chi connectivity index (χ0n) is 12.0. The van der Waals surface area contributed by atoms with Crippen molar-refractivity contribution in [2.75, 3.05) is 0 Å². The molecule has 0 spiro atoms. The number of non-ortho nitro benzene ring substituents is 1. The molecule has 110 valence electrons. The van der Waals surface area contributed by atoms with Crippen LogP contribution in [-0.4, -0.2) is 9.91 Å². The van der Waals surface area contributed by atoms with E-state index in [1.165, 1.54) is 6.07 Å². The largest absolute Gasteiger partial charge is 0.295 e. The summed E-state index contributed by atoms with van der Waals surface area (Å²) in [6, 6.07) is 17.7. The Kier molecular flexibility index (Phi) is 3.81. The van der Waals surface area contributed by atoms with Crippen LogP contribution in [0.3, 0.4) is 0 Å². The van der Waals surface area contributed by atoms with E-state index in [0.29, 0.717) is 16.8 Å². The minimum absolute atomic E-state index is 0.00359. The van der Waals surface area contributed by atoms with E-state index >= 15 is 0 Å². The van der Waals surface area contributed by atoms with Gasteiger partial charge in [0.25, 0.3) is 5.69 Å². The van der Waals surface area contributed by atoms with Crippen molar-refractivity contribution in [3.05, 3.63) is 81.5 Å². The Morgan fingerprint density at radius 2 is 1.83 bits per heavy atom. The number of benzene rings is 2. The molecule has 3 aromatic rings. The predicted octanol–water partition coefficient (Wildman–Crippen LogP) is 4.19. The lowest BCUT2D eigenvalue weighted by Crippen LogP contribution is -1.92. The van der Waals surface area contributed by atoms with Gasteiger partial charge in [-0.05, 0) is 29.8 Å². The summed E-state index contributed by atoms with van der Waals surface area (Å²) >= 11 is 0. The second-order valence-corrected chi connectivity index (χ2v) is 4.91. The van der Waals surface area contributed by atoms with Crippen LogP contribution >= 0.6 is 0 Å². The van der Waals surface area contributed by atoms with E-state index in [1.807, 2.05) is 30.3 Å². The van der Waals surface area contributed by atoms with Gasteiger partial charge in [-0.3, -0.25) is 10.1 Å². The Morgan fingerprint density at radius 1 is 1.04 bits per heavy atom. The first-order valence-corrected chi connectivity index (χ1v) is 6.90. The third-order valence-electron chi connectivity index (χ3n) is 3.40. The molecule has 1 aromatic heterocycles. The van der Waals surface area contributed by atoms with Crippen LogP contribution < -0.4 is 0 Å². The number of nitro groups is 1. The molecule has 0 atom stereocenters. The first-order chi connectivity index (χ1) is 11.2. The molecule has 3 rings (SSSR count). The molecule has 1 heterocycles. The topological polar surface area (TPSA) is 79.8 Å². The highest BCUT2D eigenvalue weighted by Crippen LogP contribution is 2.24. The summed E-state index contributed by atoms with van der Waals surface area (Å²) in [5.74, 6) is 0. The van der Waals surface area contributed by atoms with Crippen LogP contribution in [0.5, 0.6) is 0 Å². The van der Waals surface area contributed by atoms with Gasteiger partial charge >= 0.3 is 0 Å². The van der Waals surface area contributed by atoms with E-state index in [9.17, 15) is 10.1 Å². The number of fused-ring (bicyclic) bond motifs is 1. The molecule has 0 saturated heterocycles. The van der Waals surface area contributed by atoms with Crippen LogP contribution in [0.2, 0.25) is 0 Å². The van der Waals surface area contributed by atoms with Crippen molar-refractivity contribution < 1.29 is 4.92 Å². The Morgan fingerprint density at radius 3 is 2.52 bits per heavy atom. The summed E-state index contributed by atoms with van der Waals surface area (Å²) in [5, 5.41) is 20.6. The van der Waals surface area contributed by atoms with E-state index in [-0.39, 0.29) is 5.69 Å². The fraction of sp³-hybridized carbons (Fsp3) is 0. The van der Waals surface area contributed by atoms with Crippen LogP contribution in [-0.2, 0) is 0 Å². The number of para-hydroxylation sites is 1. The second-order valence-electron chi connectivity index (χ2n) is 4.91. The third-order valence-corrected chi connectivity index (χ3v) is 3.40. The van der Waals surface area contributed by atoms with Gasteiger partial charge in [0, 0.05) is 11.5 Å². The molecule has 5 nitrogen and oxygen atoms in total. The minimum atomic E-state index is -0.427. The van der Waals surface area contributed by atoms with Crippen molar-refractivity contribution >= 4 is 28.7 Å². The van der Waals surface area contributed by atoms with Crippen molar-refractivity contribution in [1.82, 2.24) is 4.98 Å². The van der Waals surface area contributed by atoms with Gasteiger partial charge in [0.15, 0.2) is 0 Å². The van der Waals surface area contributed by atoms with Crippen LogP contribution in [0, 0.1) is 21.4 Å². The molecule has 0 aliphatic heterocycles. The van der Waals surface area contributed by atoms with E-state index in [2.05, 4.69) is 11.1 Å². The van der Waals surface area contributed by atoms with Gasteiger partial charge < -0.3 is 0 Å². The number of nitriles is 1. The molecule has 5 heteroatoms. The average Bonchev–Trinajstić information content (AvgIpc) is 2.59. The van der Waals surface area contributed by atoms with Crippen molar-refractivity contribution in [3.8, 4) is 6.07 Å². The maximum Gasteiger partial charge on any atom is 0.295 e. The summed E-state index contributed by atoms with van der Waals surface area (Å²) < 4.78 is 0. The quantitative estimate of drug-likeness (QED) is 0.536. The molecule has 0 unspecified atom stereocenters. The molecular weight excluding hydrogens is 290 g/mol. The standard InChI is InChI=1S/C18H11N3O2/c19-12-14-6-4-13(5-7-14)8-10-16-11-9-15-2-1-3-17(21(22)23)18(15)20-16/h1-11H. The SMILES string of the molecule is N#Cc1ccc(C=Cc2ccc3cccc([N+](=O)[O-])c3n2)cc1. The molecule has 0 aliphatic rings. The summed E-state index contributed by atoms with van der Waals surface area (Å²) in [7, 11) is 0. The second kappa shape index (κ2) is 6.08. The van der Waals surface area contributed by atoms with Gasteiger partial charge in [0.2, 0.25) is 0 Å². The van der Waals surface area contributed by atoms with Gasteiger partial charge in [-0.1, -0.05) is 36.4 Å². The van der Waals surface area contributed by atoms with Crippen LogP contribution in [0.4, 0.5) is 5.69 Å².